The highest BCUT2D eigenvalue weighted by Gasteiger charge is 2.15. The molecule has 1 aromatic carbocycles. The minimum atomic E-state index is 0.740. The van der Waals surface area contributed by atoms with Crippen molar-refractivity contribution in [1.82, 2.24) is 15.5 Å². The van der Waals surface area contributed by atoms with E-state index in [0.717, 1.165) is 30.8 Å². The largest absolute Gasteiger partial charge is 0.355 e. The number of benzene rings is 1. The fourth-order valence-electron chi connectivity index (χ4n) is 2.55. The first-order valence-corrected chi connectivity index (χ1v) is 9.01. The molecule has 1 aliphatic heterocycles. The Morgan fingerprint density at radius 3 is 2.55 bits per heavy atom. The van der Waals surface area contributed by atoms with Crippen LogP contribution in [0.25, 0.3) is 0 Å². The van der Waals surface area contributed by atoms with Gasteiger partial charge in [-0.25, -0.2) is 0 Å². The topological polar surface area (TPSA) is 39.7 Å². The minimum absolute atomic E-state index is 0.740. The first-order valence-electron chi connectivity index (χ1n) is 7.96. The zero-order valence-electron chi connectivity index (χ0n) is 13.9. The molecular formula is C17H28N4S. The van der Waals surface area contributed by atoms with Gasteiger partial charge in [-0.1, -0.05) is 24.3 Å². The fraction of sp³-hybridized carbons (Fsp3) is 0.588. The summed E-state index contributed by atoms with van der Waals surface area (Å²) in [7, 11) is 6.01. The Hall–Kier alpha value is -1.20. The van der Waals surface area contributed by atoms with Crippen molar-refractivity contribution in [3.8, 4) is 0 Å². The molecule has 0 saturated carbocycles. The number of hydrogen-bond donors (Lipinski definition) is 2. The Morgan fingerprint density at radius 2 is 1.95 bits per heavy atom. The molecule has 0 amide bonds. The van der Waals surface area contributed by atoms with Crippen LogP contribution in [-0.4, -0.2) is 49.6 Å². The third-order valence-corrected chi connectivity index (χ3v) is 5.12. The van der Waals surface area contributed by atoms with Crippen LogP contribution in [0.1, 0.15) is 24.0 Å². The van der Waals surface area contributed by atoms with Gasteiger partial charge < -0.3 is 15.5 Å². The van der Waals surface area contributed by atoms with Gasteiger partial charge in [0.15, 0.2) is 5.96 Å². The van der Waals surface area contributed by atoms with Crippen LogP contribution in [0, 0.1) is 0 Å². The van der Waals surface area contributed by atoms with E-state index in [4.69, 9.17) is 0 Å². The van der Waals surface area contributed by atoms with Crippen LogP contribution < -0.4 is 10.6 Å². The van der Waals surface area contributed by atoms with Gasteiger partial charge in [-0.15, -0.1) is 0 Å². The van der Waals surface area contributed by atoms with E-state index in [1.807, 2.05) is 7.05 Å². The number of rotatable bonds is 6. The number of thioether (sulfide) groups is 1. The van der Waals surface area contributed by atoms with Crippen LogP contribution >= 0.6 is 11.8 Å². The summed E-state index contributed by atoms with van der Waals surface area (Å²) in [4.78, 5) is 6.48. The molecule has 0 aromatic heterocycles. The average Bonchev–Trinajstić information content (AvgIpc) is 3.02. The molecule has 1 saturated heterocycles. The maximum Gasteiger partial charge on any atom is 0.191 e. The van der Waals surface area contributed by atoms with Gasteiger partial charge in [0.25, 0.3) is 0 Å². The molecule has 4 nitrogen and oxygen atoms in total. The lowest BCUT2D eigenvalue weighted by Gasteiger charge is -2.15. The predicted molar refractivity (Wildman–Crippen MR) is 97.5 cm³/mol. The number of nitrogens with zero attached hydrogens (tertiary/aromatic N) is 2. The SMILES string of the molecule is CN=C(NCc1ccc(CN(C)C)cc1)NCC1CCCS1. The van der Waals surface area contributed by atoms with Gasteiger partial charge in [-0.3, -0.25) is 4.99 Å². The molecule has 0 spiro atoms. The monoisotopic (exact) mass is 320 g/mol. The molecule has 0 aliphatic carbocycles. The number of hydrogen-bond acceptors (Lipinski definition) is 3. The lowest BCUT2D eigenvalue weighted by atomic mass is 10.1. The number of nitrogens with one attached hydrogen (secondary N) is 2. The standard InChI is InChI=1S/C17H28N4S/c1-18-17(20-12-16-5-4-10-22-16)19-11-14-6-8-15(9-7-14)13-21(2)3/h6-9,16H,4-5,10-13H2,1-3H3,(H2,18,19,20). The second-order valence-electron chi connectivity index (χ2n) is 6.00. The average molecular weight is 321 g/mol. The quantitative estimate of drug-likeness (QED) is 0.623. The lowest BCUT2D eigenvalue weighted by Crippen LogP contribution is -2.39. The highest BCUT2D eigenvalue weighted by Crippen LogP contribution is 2.25. The van der Waals surface area contributed by atoms with E-state index < -0.39 is 0 Å². The molecule has 0 radical (unpaired) electrons. The van der Waals surface area contributed by atoms with E-state index in [1.165, 1.54) is 29.7 Å². The van der Waals surface area contributed by atoms with Gasteiger partial charge in [-0.05, 0) is 43.8 Å². The van der Waals surface area contributed by atoms with Crippen LogP contribution in [0.2, 0.25) is 0 Å². The van der Waals surface area contributed by atoms with Crippen molar-refractivity contribution >= 4 is 17.7 Å². The van der Waals surface area contributed by atoms with Gasteiger partial charge in [0.2, 0.25) is 0 Å². The van der Waals surface area contributed by atoms with Gasteiger partial charge in [0, 0.05) is 31.9 Å². The van der Waals surface area contributed by atoms with E-state index >= 15 is 0 Å². The van der Waals surface area contributed by atoms with Crippen LogP contribution in [0.3, 0.4) is 0 Å². The van der Waals surface area contributed by atoms with Crippen molar-refractivity contribution in [3.63, 3.8) is 0 Å². The maximum absolute atomic E-state index is 4.30. The summed E-state index contributed by atoms with van der Waals surface area (Å²) >= 11 is 2.07. The Kier molecular flexibility index (Phi) is 7.06. The van der Waals surface area contributed by atoms with Gasteiger partial charge in [0.05, 0.1) is 0 Å². The van der Waals surface area contributed by atoms with Gasteiger partial charge in [-0.2, -0.15) is 11.8 Å². The maximum atomic E-state index is 4.30. The van der Waals surface area contributed by atoms with E-state index in [1.54, 1.807) is 0 Å². The van der Waals surface area contributed by atoms with Crippen LogP contribution in [0.5, 0.6) is 0 Å². The predicted octanol–water partition coefficient (Wildman–Crippen LogP) is 2.31. The van der Waals surface area contributed by atoms with E-state index in [-0.39, 0.29) is 0 Å². The molecule has 1 heterocycles. The first kappa shape index (κ1) is 17.2. The molecule has 122 valence electrons. The Labute approximate surface area is 138 Å². The summed E-state index contributed by atoms with van der Waals surface area (Å²) in [6, 6.07) is 8.77. The molecule has 5 heteroatoms. The van der Waals surface area contributed by atoms with Crippen molar-refractivity contribution in [2.75, 3.05) is 33.4 Å². The zero-order valence-corrected chi connectivity index (χ0v) is 14.7. The molecule has 1 fully saturated rings. The molecular weight excluding hydrogens is 292 g/mol. The summed E-state index contributed by atoms with van der Waals surface area (Å²) in [5.41, 5.74) is 2.62. The van der Waals surface area contributed by atoms with Gasteiger partial charge in [0.1, 0.15) is 0 Å². The molecule has 1 unspecified atom stereocenters. The van der Waals surface area contributed by atoms with Gasteiger partial charge >= 0.3 is 0 Å². The molecule has 1 aliphatic rings. The van der Waals surface area contributed by atoms with Crippen LogP contribution in [-0.2, 0) is 13.1 Å². The van der Waals surface area contributed by atoms with Crippen LogP contribution in [0.4, 0.5) is 0 Å². The molecule has 1 aromatic rings. The highest BCUT2D eigenvalue weighted by molar-refractivity contribution is 8.00. The van der Waals surface area contributed by atoms with Crippen molar-refractivity contribution in [3.05, 3.63) is 35.4 Å². The minimum Gasteiger partial charge on any atom is -0.355 e. The molecule has 2 rings (SSSR count). The smallest absolute Gasteiger partial charge is 0.191 e. The number of guanidine groups is 1. The zero-order chi connectivity index (χ0) is 15.8. The molecule has 0 bridgehead atoms. The normalized spacial score (nSPS) is 18.7. The molecule has 1 atom stereocenters. The first-order chi connectivity index (χ1) is 10.7. The van der Waals surface area contributed by atoms with E-state index in [9.17, 15) is 0 Å². The van der Waals surface area contributed by atoms with Crippen LogP contribution in [0.15, 0.2) is 29.3 Å². The van der Waals surface area contributed by atoms with E-state index in [0.29, 0.717) is 0 Å². The Morgan fingerprint density at radius 1 is 1.23 bits per heavy atom. The molecule has 22 heavy (non-hydrogen) atoms. The second-order valence-corrected chi connectivity index (χ2v) is 7.40. The summed E-state index contributed by atoms with van der Waals surface area (Å²) in [6.45, 7) is 2.79. The second kappa shape index (κ2) is 9.06. The summed E-state index contributed by atoms with van der Waals surface area (Å²) in [5.74, 6) is 2.20. The van der Waals surface area contributed by atoms with E-state index in [2.05, 4.69) is 70.6 Å². The third kappa shape index (κ3) is 5.89. The summed E-state index contributed by atoms with van der Waals surface area (Å²) < 4.78 is 0. The summed E-state index contributed by atoms with van der Waals surface area (Å²) in [5, 5.41) is 7.56. The Balaban J connectivity index is 1.75. The van der Waals surface area contributed by atoms with Crippen molar-refractivity contribution in [2.45, 2.75) is 31.2 Å². The highest BCUT2D eigenvalue weighted by atomic mass is 32.2. The van der Waals surface area contributed by atoms with Crippen molar-refractivity contribution in [2.24, 2.45) is 4.99 Å². The molecule has 2 N–H and O–H groups in total. The lowest BCUT2D eigenvalue weighted by molar-refractivity contribution is 0.402. The third-order valence-electron chi connectivity index (χ3n) is 3.73. The number of aliphatic imine (C=N–C) groups is 1. The van der Waals surface area contributed by atoms with Crippen molar-refractivity contribution < 1.29 is 0 Å². The Bertz CT molecular complexity index is 464. The fourth-order valence-corrected chi connectivity index (χ4v) is 3.75. The van der Waals surface area contributed by atoms with Crippen molar-refractivity contribution in [1.29, 1.82) is 0 Å². The summed E-state index contributed by atoms with van der Waals surface area (Å²) in [6.07, 6.45) is 2.67.